The second-order valence-corrected chi connectivity index (χ2v) is 6.26. The zero-order valence-electron chi connectivity index (χ0n) is 9.25. The molecule has 0 aliphatic carbocycles. The van der Waals surface area contributed by atoms with Crippen LogP contribution in [0, 0.1) is 0 Å². The highest BCUT2D eigenvalue weighted by atomic mass is 32.2. The van der Waals surface area contributed by atoms with Crippen LogP contribution in [-0.4, -0.2) is 59.2 Å². The van der Waals surface area contributed by atoms with Crippen molar-refractivity contribution in [3.63, 3.8) is 0 Å². The molecule has 1 aromatic rings. The standard InChI is InChI=1S/C8H13N5O3S/c1-13(5-2-3-17(15,16)4-5)8(14)6-7(9)11-12-10-6/h5H,2-4H2,1H3,(H3,9,10,11,12). The van der Waals surface area contributed by atoms with Crippen molar-refractivity contribution in [1.29, 1.82) is 0 Å². The van der Waals surface area contributed by atoms with Crippen LogP contribution in [0.15, 0.2) is 0 Å². The van der Waals surface area contributed by atoms with Crippen molar-refractivity contribution in [3.8, 4) is 0 Å². The first-order chi connectivity index (χ1) is 7.91. The number of nitrogens with two attached hydrogens (primary N) is 1. The van der Waals surface area contributed by atoms with Crippen LogP contribution in [0.3, 0.4) is 0 Å². The van der Waals surface area contributed by atoms with E-state index in [9.17, 15) is 13.2 Å². The average Bonchev–Trinajstić information content (AvgIpc) is 2.82. The van der Waals surface area contributed by atoms with Crippen LogP contribution in [0.1, 0.15) is 16.9 Å². The van der Waals surface area contributed by atoms with E-state index in [1.807, 2.05) is 0 Å². The van der Waals surface area contributed by atoms with Crippen LogP contribution in [-0.2, 0) is 9.84 Å². The molecule has 3 N–H and O–H groups in total. The Morgan fingerprint density at radius 2 is 2.24 bits per heavy atom. The summed E-state index contributed by atoms with van der Waals surface area (Å²) in [7, 11) is -1.48. The lowest BCUT2D eigenvalue weighted by molar-refractivity contribution is 0.0743. The molecule has 94 valence electrons. The van der Waals surface area contributed by atoms with E-state index in [1.165, 1.54) is 4.90 Å². The van der Waals surface area contributed by atoms with Crippen LogP contribution in [0.4, 0.5) is 5.82 Å². The highest BCUT2D eigenvalue weighted by molar-refractivity contribution is 7.91. The van der Waals surface area contributed by atoms with Gasteiger partial charge >= 0.3 is 0 Å². The molecule has 2 heterocycles. The number of carbonyl (C=O) groups excluding carboxylic acids is 1. The Morgan fingerprint density at radius 1 is 1.53 bits per heavy atom. The molecule has 8 nitrogen and oxygen atoms in total. The molecule has 1 atom stereocenters. The lowest BCUT2D eigenvalue weighted by Gasteiger charge is -2.22. The van der Waals surface area contributed by atoms with E-state index in [-0.39, 0.29) is 29.1 Å². The molecule has 0 bridgehead atoms. The number of nitrogens with one attached hydrogen (secondary N) is 1. The summed E-state index contributed by atoms with van der Waals surface area (Å²) in [5.41, 5.74) is 5.49. The Kier molecular flexibility index (Phi) is 2.77. The molecule has 0 spiro atoms. The van der Waals surface area contributed by atoms with Crippen LogP contribution in [0.5, 0.6) is 0 Å². The minimum atomic E-state index is -3.02. The number of anilines is 1. The van der Waals surface area contributed by atoms with Crippen molar-refractivity contribution in [2.45, 2.75) is 12.5 Å². The number of rotatable bonds is 2. The summed E-state index contributed by atoms with van der Waals surface area (Å²) in [6.45, 7) is 0. The van der Waals surface area contributed by atoms with E-state index in [1.54, 1.807) is 7.05 Å². The van der Waals surface area contributed by atoms with Crippen molar-refractivity contribution in [1.82, 2.24) is 20.3 Å². The van der Waals surface area contributed by atoms with E-state index >= 15 is 0 Å². The molecule has 1 saturated heterocycles. The quantitative estimate of drug-likeness (QED) is 0.676. The van der Waals surface area contributed by atoms with Crippen LogP contribution < -0.4 is 5.73 Å². The van der Waals surface area contributed by atoms with Gasteiger partial charge in [0.05, 0.1) is 11.5 Å². The minimum absolute atomic E-state index is 0.00695. The summed E-state index contributed by atoms with van der Waals surface area (Å²) in [4.78, 5) is 13.3. The predicted octanol–water partition coefficient (Wildman–Crippen LogP) is -1.35. The number of H-pyrrole nitrogens is 1. The third-order valence-electron chi connectivity index (χ3n) is 2.85. The topological polar surface area (TPSA) is 122 Å². The van der Waals surface area contributed by atoms with Crippen molar-refractivity contribution in [2.24, 2.45) is 0 Å². The largest absolute Gasteiger partial charge is 0.380 e. The fourth-order valence-corrected chi connectivity index (χ4v) is 3.58. The van der Waals surface area contributed by atoms with Gasteiger partial charge in [-0.2, -0.15) is 5.21 Å². The monoisotopic (exact) mass is 259 g/mol. The number of aromatic amines is 1. The molecule has 1 amide bonds. The highest BCUT2D eigenvalue weighted by Gasteiger charge is 2.34. The molecular weight excluding hydrogens is 246 g/mol. The summed E-state index contributed by atoms with van der Waals surface area (Å²) in [5, 5.41) is 9.44. The Balaban J connectivity index is 2.14. The molecule has 0 aromatic carbocycles. The number of amides is 1. The molecule has 1 aromatic heterocycles. The average molecular weight is 259 g/mol. The van der Waals surface area contributed by atoms with Crippen LogP contribution in [0.25, 0.3) is 0 Å². The first kappa shape index (κ1) is 11.8. The van der Waals surface area contributed by atoms with Crippen molar-refractivity contribution in [3.05, 3.63) is 5.69 Å². The van der Waals surface area contributed by atoms with E-state index < -0.39 is 15.7 Å². The molecular formula is C8H13N5O3S. The third kappa shape index (κ3) is 2.23. The summed E-state index contributed by atoms with van der Waals surface area (Å²) in [6.07, 6.45) is 0.447. The van der Waals surface area contributed by atoms with E-state index in [2.05, 4.69) is 15.4 Å². The number of hydrogen-bond acceptors (Lipinski definition) is 6. The summed E-state index contributed by atoms with van der Waals surface area (Å²) >= 11 is 0. The van der Waals surface area contributed by atoms with Crippen molar-refractivity contribution in [2.75, 3.05) is 24.3 Å². The SMILES string of the molecule is CN(C(=O)c1n[nH]nc1N)C1CCS(=O)(=O)C1. The van der Waals surface area contributed by atoms with Gasteiger partial charge in [-0.3, -0.25) is 4.79 Å². The van der Waals surface area contributed by atoms with Gasteiger partial charge in [-0.15, -0.1) is 10.2 Å². The Bertz CT molecular complexity index is 537. The number of nitrogen functional groups attached to an aromatic ring is 1. The fraction of sp³-hybridized carbons (Fsp3) is 0.625. The van der Waals surface area contributed by atoms with Gasteiger partial charge in [-0.05, 0) is 6.42 Å². The first-order valence-electron chi connectivity index (χ1n) is 5.04. The van der Waals surface area contributed by atoms with E-state index in [0.717, 1.165) is 0 Å². The highest BCUT2D eigenvalue weighted by Crippen LogP contribution is 2.18. The van der Waals surface area contributed by atoms with Crippen molar-refractivity contribution >= 4 is 21.6 Å². The number of carbonyl (C=O) groups is 1. The second kappa shape index (κ2) is 3.99. The zero-order valence-corrected chi connectivity index (χ0v) is 10.1. The van der Waals surface area contributed by atoms with Gasteiger partial charge in [-0.1, -0.05) is 0 Å². The molecule has 2 rings (SSSR count). The van der Waals surface area contributed by atoms with Gasteiger partial charge in [0, 0.05) is 13.1 Å². The smallest absolute Gasteiger partial charge is 0.278 e. The third-order valence-corrected chi connectivity index (χ3v) is 4.60. The Hall–Kier alpha value is -1.64. The molecule has 1 unspecified atom stereocenters. The number of hydrogen-bond donors (Lipinski definition) is 2. The predicted molar refractivity (Wildman–Crippen MR) is 59.9 cm³/mol. The lowest BCUT2D eigenvalue weighted by Crippen LogP contribution is -2.38. The maximum atomic E-state index is 12.0. The van der Waals surface area contributed by atoms with Crippen LogP contribution >= 0.6 is 0 Å². The van der Waals surface area contributed by atoms with E-state index in [4.69, 9.17) is 5.73 Å². The molecule has 1 fully saturated rings. The molecule has 0 saturated carbocycles. The van der Waals surface area contributed by atoms with Gasteiger partial charge < -0.3 is 10.6 Å². The van der Waals surface area contributed by atoms with Gasteiger partial charge in [0.25, 0.3) is 5.91 Å². The second-order valence-electron chi connectivity index (χ2n) is 4.03. The summed E-state index contributed by atoms with van der Waals surface area (Å²) in [6, 6.07) is -0.316. The van der Waals surface area contributed by atoms with Gasteiger partial charge in [-0.25, -0.2) is 8.42 Å². The number of nitrogens with zero attached hydrogens (tertiary/aromatic N) is 3. The number of sulfone groups is 1. The maximum Gasteiger partial charge on any atom is 0.278 e. The first-order valence-corrected chi connectivity index (χ1v) is 6.86. The molecule has 17 heavy (non-hydrogen) atoms. The van der Waals surface area contributed by atoms with Crippen LogP contribution in [0.2, 0.25) is 0 Å². The van der Waals surface area contributed by atoms with Gasteiger partial charge in [0.2, 0.25) is 0 Å². The normalized spacial score (nSPS) is 22.5. The molecule has 1 aliphatic heterocycles. The molecule has 1 aliphatic rings. The molecule has 9 heteroatoms. The van der Waals surface area contributed by atoms with Gasteiger partial charge in [0.1, 0.15) is 0 Å². The van der Waals surface area contributed by atoms with Gasteiger partial charge in [0.15, 0.2) is 21.3 Å². The lowest BCUT2D eigenvalue weighted by atomic mass is 10.2. The minimum Gasteiger partial charge on any atom is -0.380 e. The Labute approximate surface area is 98.1 Å². The molecule has 0 radical (unpaired) electrons. The number of aromatic nitrogens is 3. The summed E-state index contributed by atoms with van der Waals surface area (Å²) in [5.74, 6) is -0.294. The summed E-state index contributed by atoms with van der Waals surface area (Å²) < 4.78 is 22.6. The Morgan fingerprint density at radius 3 is 2.71 bits per heavy atom. The maximum absolute atomic E-state index is 12.0. The zero-order chi connectivity index (χ0) is 12.6. The van der Waals surface area contributed by atoms with E-state index in [0.29, 0.717) is 6.42 Å². The fourth-order valence-electron chi connectivity index (χ4n) is 1.81. The van der Waals surface area contributed by atoms with Crippen molar-refractivity contribution < 1.29 is 13.2 Å².